The van der Waals surface area contributed by atoms with E-state index < -0.39 is 5.91 Å². The zero-order valence-corrected chi connectivity index (χ0v) is 25.4. The summed E-state index contributed by atoms with van der Waals surface area (Å²) >= 11 is 5.97. The lowest BCUT2D eigenvalue weighted by atomic mass is 10.1. The van der Waals surface area contributed by atoms with Crippen molar-refractivity contribution < 1.29 is 19.0 Å². The van der Waals surface area contributed by atoms with E-state index in [1.165, 1.54) is 0 Å². The van der Waals surface area contributed by atoms with Crippen LogP contribution in [0.4, 0.5) is 0 Å². The lowest BCUT2D eigenvalue weighted by molar-refractivity contribution is 0.0297. The number of unbranched alkanes of at least 4 members (excludes halogenated alkanes) is 1. The molecule has 0 radical (unpaired) electrons. The van der Waals surface area contributed by atoms with Crippen LogP contribution < -0.4 is 19.9 Å². The van der Waals surface area contributed by atoms with Gasteiger partial charge in [-0.3, -0.25) is 9.69 Å². The highest BCUT2D eigenvalue weighted by atomic mass is 35.5. The largest absolute Gasteiger partial charge is 0.491 e. The zero-order chi connectivity index (χ0) is 30.1. The Hall–Kier alpha value is -4.01. The predicted octanol–water partition coefficient (Wildman–Crippen LogP) is 7.72. The van der Waals surface area contributed by atoms with Crippen molar-refractivity contribution in [1.82, 2.24) is 14.7 Å². The van der Waals surface area contributed by atoms with Crippen LogP contribution in [0.2, 0.25) is 5.02 Å². The smallest absolute Gasteiger partial charge is 0.267 e. The minimum Gasteiger partial charge on any atom is -0.491 e. The van der Waals surface area contributed by atoms with Crippen molar-refractivity contribution in [2.45, 2.75) is 53.2 Å². The Morgan fingerprint density at radius 2 is 1.57 bits per heavy atom. The van der Waals surface area contributed by atoms with Crippen molar-refractivity contribution in [3.8, 4) is 39.9 Å². The molecule has 3 aromatic carbocycles. The first-order valence-electron chi connectivity index (χ1n) is 14.5. The normalized spacial score (nSPS) is 11.9. The quantitative estimate of drug-likeness (QED) is 0.113. The number of hydrogen-bond acceptors (Lipinski definition) is 6. The molecule has 0 bridgehead atoms. The van der Waals surface area contributed by atoms with Crippen molar-refractivity contribution in [2.24, 2.45) is 5.73 Å². The maximum atomic E-state index is 12.5. The number of benzene rings is 3. The van der Waals surface area contributed by atoms with Gasteiger partial charge in [-0.15, -0.1) is 0 Å². The van der Waals surface area contributed by atoms with Crippen LogP contribution >= 0.6 is 11.6 Å². The van der Waals surface area contributed by atoms with Gasteiger partial charge in [-0.2, -0.15) is 5.10 Å². The Bertz CT molecular complexity index is 1450. The summed E-state index contributed by atoms with van der Waals surface area (Å²) in [6.45, 7) is 10.8. The summed E-state index contributed by atoms with van der Waals surface area (Å²) in [5.74, 6) is 2.00. The zero-order valence-electron chi connectivity index (χ0n) is 24.7. The van der Waals surface area contributed by atoms with E-state index in [0.717, 1.165) is 37.9 Å². The fourth-order valence-electron chi connectivity index (χ4n) is 4.60. The molecular weight excluding hydrogens is 552 g/mol. The van der Waals surface area contributed by atoms with Gasteiger partial charge in [0.25, 0.3) is 5.91 Å². The highest BCUT2D eigenvalue weighted by molar-refractivity contribution is 6.30. The number of carbonyl (C=O) groups excluding carboxylic acids is 1. The molecule has 0 saturated heterocycles. The summed E-state index contributed by atoms with van der Waals surface area (Å²) < 4.78 is 20.0. The standard InChI is InChI=1S/C33H39ClN4O4/c1-5-9-20-40-31-21-27(42-32(6-2)37(7-3)8-4)18-19-29(31)38-30(33(35)39)22-28(36-38)23-10-14-25(15-11-23)41-26-16-12-24(34)13-17-26/h10-19,21-22,32H,5-9,20H2,1-4H3,(H2,35,39). The van der Waals surface area contributed by atoms with Crippen LogP contribution in [0, 0.1) is 0 Å². The summed E-state index contributed by atoms with van der Waals surface area (Å²) in [6.07, 6.45) is 2.66. The molecule has 1 unspecified atom stereocenters. The van der Waals surface area contributed by atoms with Gasteiger partial charge in [0.2, 0.25) is 0 Å². The average molecular weight is 591 g/mol. The first-order valence-corrected chi connectivity index (χ1v) is 14.9. The fourth-order valence-corrected chi connectivity index (χ4v) is 4.73. The van der Waals surface area contributed by atoms with Crippen LogP contribution in [-0.4, -0.2) is 46.5 Å². The molecule has 0 aliphatic heterocycles. The Morgan fingerprint density at radius 1 is 0.929 bits per heavy atom. The van der Waals surface area contributed by atoms with Crippen molar-refractivity contribution in [2.75, 3.05) is 19.7 Å². The molecule has 0 aliphatic carbocycles. The highest BCUT2D eigenvalue weighted by Gasteiger charge is 2.21. The minimum atomic E-state index is -0.594. The van der Waals surface area contributed by atoms with Crippen LogP contribution in [0.5, 0.6) is 23.0 Å². The van der Waals surface area contributed by atoms with Gasteiger partial charge in [0.1, 0.15) is 34.4 Å². The van der Waals surface area contributed by atoms with E-state index in [1.54, 1.807) is 35.0 Å². The lowest BCUT2D eigenvalue weighted by Gasteiger charge is -2.29. The van der Waals surface area contributed by atoms with Crippen molar-refractivity contribution in [3.05, 3.63) is 83.5 Å². The van der Waals surface area contributed by atoms with E-state index in [-0.39, 0.29) is 11.9 Å². The van der Waals surface area contributed by atoms with E-state index in [9.17, 15) is 4.79 Å². The molecule has 1 atom stereocenters. The van der Waals surface area contributed by atoms with Crippen molar-refractivity contribution in [3.63, 3.8) is 0 Å². The maximum absolute atomic E-state index is 12.5. The lowest BCUT2D eigenvalue weighted by Crippen LogP contribution is -2.38. The molecule has 0 spiro atoms. The third-order valence-electron chi connectivity index (χ3n) is 6.92. The van der Waals surface area contributed by atoms with Gasteiger partial charge >= 0.3 is 0 Å². The number of ether oxygens (including phenoxy) is 3. The number of halogens is 1. The third kappa shape index (κ3) is 7.63. The van der Waals surface area contributed by atoms with E-state index in [0.29, 0.717) is 46.0 Å². The molecule has 222 valence electrons. The maximum Gasteiger partial charge on any atom is 0.267 e. The Kier molecular flexibility index (Phi) is 10.9. The minimum absolute atomic E-state index is 0.0570. The molecule has 0 fully saturated rings. The fraction of sp³-hybridized carbons (Fsp3) is 0.333. The topological polar surface area (TPSA) is 91.8 Å². The first kappa shape index (κ1) is 30.9. The number of amides is 1. The number of nitrogens with two attached hydrogens (primary N) is 1. The van der Waals surface area contributed by atoms with E-state index in [2.05, 4.69) is 32.6 Å². The van der Waals surface area contributed by atoms with E-state index in [1.807, 2.05) is 42.5 Å². The SMILES string of the molecule is CCCCOc1cc(OC(CC)N(CC)CC)ccc1-n1nc(-c2ccc(Oc3ccc(Cl)cc3)cc2)cc1C(N)=O. The summed E-state index contributed by atoms with van der Waals surface area (Å²) in [5, 5.41) is 5.42. The van der Waals surface area contributed by atoms with E-state index >= 15 is 0 Å². The second-order valence-electron chi connectivity index (χ2n) is 9.80. The second-order valence-corrected chi connectivity index (χ2v) is 10.2. The van der Waals surface area contributed by atoms with Gasteiger partial charge in [0, 0.05) is 16.7 Å². The summed E-state index contributed by atoms with van der Waals surface area (Å²) in [7, 11) is 0. The van der Waals surface area contributed by atoms with Gasteiger partial charge in [-0.25, -0.2) is 4.68 Å². The second kappa shape index (κ2) is 14.8. The van der Waals surface area contributed by atoms with Gasteiger partial charge in [-0.1, -0.05) is 45.7 Å². The Morgan fingerprint density at radius 3 is 2.17 bits per heavy atom. The van der Waals surface area contributed by atoms with Crippen LogP contribution in [0.25, 0.3) is 16.9 Å². The van der Waals surface area contributed by atoms with Crippen molar-refractivity contribution in [1.29, 1.82) is 0 Å². The average Bonchev–Trinajstić information content (AvgIpc) is 3.45. The van der Waals surface area contributed by atoms with Gasteiger partial charge in [0.15, 0.2) is 6.23 Å². The molecular formula is C33H39ClN4O4. The van der Waals surface area contributed by atoms with Crippen molar-refractivity contribution >= 4 is 17.5 Å². The van der Waals surface area contributed by atoms with Gasteiger partial charge in [0.05, 0.1) is 12.3 Å². The molecule has 42 heavy (non-hydrogen) atoms. The molecule has 8 nitrogen and oxygen atoms in total. The predicted molar refractivity (Wildman–Crippen MR) is 167 cm³/mol. The Labute approximate surface area is 252 Å². The first-order chi connectivity index (χ1) is 20.4. The number of rotatable bonds is 15. The molecule has 2 N–H and O–H groups in total. The van der Waals surface area contributed by atoms with Crippen LogP contribution in [0.1, 0.15) is 57.4 Å². The molecule has 4 rings (SSSR count). The number of aromatic nitrogens is 2. The summed E-state index contributed by atoms with van der Waals surface area (Å²) in [5.41, 5.74) is 8.06. The number of nitrogens with zero attached hydrogens (tertiary/aromatic N) is 3. The highest BCUT2D eigenvalue weighted by Crippen LogP contribution is 2.33. The summed E-state index contributed by atoms with van der Waals surface area (Å²) in [6, 6.07) is 21.9. The van der Waals surface area contributed by atoms with Crippen LogP contribution in [0.3, 0.4) is 0 Å². The summed E-state index contributed by atoms with van der Waals surface area (Å²) in [4.78, 5) is 14.8. The molecule has 4 aromatic rings. The van der Waals surface area contributed by atoms with E-state index in [4.69, 9.17) is 36.6 Å². The molecule has 0 saturated carbocycles. The molecule has 1 heterocycles. The molecule has 9 heteroatoms. The van der Waals surface area contributed by atoms with Crippen LogP contribution in [0.15, 0.2) is 72.8 Å². The monoisotopic (exact) mass is 590 g/mol. The molecule has 1 aromatic heterocycles. The number of hydrogen-bond donors (Lipinski definition) is 1. The number of primary amides is 1. The molecule has 1 amide bonds. The number of carbonyl (C=O) groups is 1. The van der Waals surface area contributed by atoms with Gasteiger partial charge < -0.3 is 19.9 Å². The Balaban J connectivity index is 1.65. The third-order valence-corrected chi connectivity index (χ3v) is 7.17. The van der Waals surface area contributed by atoms with Gasteiger partial charge in [-0.05, 0) is 92.7 Å². The molecule has 0 aliphatic rings. The van der Waals surface area contributed by atoms with Crippen LogP contribution in [-0.2, 0) is 0 Å².